The number of aromatic nitrogens is 1. The van der Waals surface area contributed by atoms with Crippen molar-refractivity contribution in [3.63, 3.8) is 0 Å². The van der Waals surface area contributed by atoms with E-state index in [1.165, 1.54) is 16.1 Å². The highest BCUT2D eigenvalue weighted by molar-refractivity contribution is 7.11. The SMILES string of the molecule is CCN(CC)Cc1ccccc1NCc1cnc(C)s1. The van der Waals surface area contributed by atoms with Crippen LogP contribution in [0.1, 0.15) is 29.3 Å². The zero-order valence-corrected chi connectivity index (χ0v) is 13.3. The van der Waals surface area contributed by atoms with Gasteiger partial charge in [0, 0.05) is 23.3 Å². The molecular weight excluding hydrogens is 266 g/mol. The van der Waals surface area contributed by atoms with Crippen LogP contribution in [0.5, 0.6) is 0 Å². The Balaban J connectivity index is 2.03. The number of anilines is 1. The van der Waals surface area contributed by atoms with E-state index in [4.69, 9.17) is 0 Å². The number of para-hydroxylation sites is 1. The van der Waals surface area contributed by atoms with Gasteiger partial charge in [-0.05, 0) is 31.6 Å². The smallest absolute Gasteiger partial charge is 0.0897 e. The summed E-state index contributed by atoms with van der Waals surface area (Å²) in [6.07, 6.45) is 1.96. The van der Waals surface area contributed by atoms with Crippen molar-refractivity contribution in [2.45, 2.75) is 33.9 Å². The lowest BCUT2D eigenvalue weighted by molar-refractivity contribution is 0.296. The quantitative estimate of drug-likeness (QED) is 0.837. The van der Waals surface area contributed by atoms with Crippen LogP contribution in [0.25, 0.3) is 0 Å². The van der Waals surface area contributed by atoms with Crippen LogP contribution >= 0.6 is 11.3 Å². The van der Waals surface area contributed by atoms with E-state index < -0.39 is 0 Å². The second-order valence-electron chi connectivity index (χ2n) is 4.82. The van der Waals surface area contributed by atoms with Gasteiger partial charge in [-0.3, -0.25) is 4.90 Å². The second-order valence-corrected chi connectivity index (χ2v) is 6.14. The fourth-order valence-corrected chi connectivity index (χ4v) is 2.92. The highest BCUT2D eigenvalue weighted by Gasteiger charge is 2.06. The maximum absolute atomic E-state index is 4.30. The molecule has 0 saturated carbocycles. The molecular formula is C16H23N3S. The monoisotopic (exact) mass is 289 g/mol. The number of nitrogens with zero attached hydrogens (tertiary/aromatic N) is 2. The van der Waals surface area contributed by atoms with Crippen molar-refractivity contribution in [3.05, 3.63) is 45.9 Å². The number of aryl methyl sites for hydroxylation is 1. The normalized spacial score (nSPS) is 11.0. The van der Waals surface area contributed by atoms with E-state index in [2.05, 4.69) is 53.3 Å². The van der Waals surface area contributed by atoms with Crippen LogP contribution < -0.4 is 5.32 Å². The lowest BCUT2D eigenvalue weighted by Gasteiger charge is -2.20. The number of thiazole rings is 1. The number of hydrogen-bond acceptors (Lipinski definition) is 4. The van der Waals surface area contributed by atoms with Crippen LogP contribution in [-0.2, 0) is 13.1 Å². The second kappa shape index (κ2) is 7.41. The molecule has 0 aliphatic carbocycles. The van der Waals surface area contributed by atoms with Crippen LogP contribution in [0.3, 0.4) is 0 Å². The molecule has 0 aliphatic heterocycles. The molecule has 0 unspecified atom stereocenters. The summed E-state index contributed by atoms with van der Waals surface area (Å²) in [6, 6.07) is 8.57. The molecule has 2 aromatic rings. The maximum Gasteiger partial charge on any atom is 0.0897 e. The molecule has 4 heteroatoms. The summed E-state index contributed by atoms with van der Waals surface area (Å²) in [4.78, 5) is 8.00. The van der Waals surface area contributed by atoms with E-state index in [1.54, 1.807) is 11.3 Å². The fraction of sp³-hybridized carbons (Fsp3) is 0.438. The Hall–Kier alpha value is -1.39. The predicted octanol–water partition coefficient (Wildman–Crippen LogP) is 3.91. The maximum atomic E-state index is 4.30. The van der Waals surface area contributed by atoms with Gasteiger partial charge in [-0.2, -0.15) is 0 Å². The first-order valence-corrected chi connectivity index (χ1v) is 8.00. The lowest BCUT2D eigenvalue weighted by Crippen LogP contribution is -2.22. The van der Waals surface area contributed by atoms with Crippen molar-refractivity contribution in [3.8, 4) is 0 Å². The summed E-state index contributed by atoms with van der Waals surface area (Å²) in [7, 11) is 0. The number of hydrogen-bond donors (Lipinski definition) is 1. The van der Waals surface area contributed by atoms with Crippen molar-refractivity contribution in [1.29, 1.82) is 0 Å². The first-order valence-electron chi connectivity index (χ1n) is 7.18. The average molecular weight is 289 g/mol. The van der Waals surface area contributed by atoms with Crippen LogP contribution in [0.4, 0.5) is 5.69 Å². The summed E-state index contributed by atoms with van der Waals surface area (Å²) in [6.45, 7) is 10.5. The predicted molar refractivity (Wildman–Crippen MR) is 87.2 cm³/mol. The number of rotatable bonds is 7. The molecule has 1 heterocycles. The molecule has 2 rings (SSSR count). The summed E-state index contributed by atoms with van der Waals surface area (Å²) >= 11 is 1.75. The zero-order valence-electron chi connectivity index (χ0n) is 12.5. The van der Waals surface area contributed by atoms with Gasteiger partial charge in [-0.15, -0.1) is 11.3 Å². The minimum Gasteiger partial charge on any atom is -0.380 e. The Labute approximate surface area is 125 Å². The molecule has 0 fully saturated rings. The minimum atomic E-state index is 0.848. The largest absolute Gasteiger partial charge is 0.380 e. The Morgan fingerprint density at radius 3 is 2.60 bits per heavy atom. The molecule has 3 nitrogen and oxygen atoms in total. The summed E-state index contributed by atoms with van der Waals surface area (Å²) in [5.74, 6) is 0. The van der Waals surface area contributed by atoms with Gasteiger partial charge in [0.25, 0.3) is 0 Å². The first kappa shape index (κ1) is 15.0. The van der Waals surface area contributed by atoms with Crippen LogP contribution in [0, 0.1) is 6.92 Å². The Kier molecular flexibility index (Phi) is 5.56. The van der Waals surface area contributed by atoms with Crippen molar-refractivity contribution >= 4 is 17.0 Å². The number of nitrogens with one attached hydrogen (secondary N) is 1. The van der Waals surface area contributed by atoms with Crippen molar-refractivity contribution in [1.82, 2.24) is 9.88 Å². The molecule has 1 aromatic carbocycles. The molecule has 108 valence electrons. The third-order valence-corrected chi connectivity index (χ3v) is 4.34. The van der Waals surface area contributed by atoms with Gasteiger partial charge >= 0.3 is 0 Å². The molecule has 1 aromatic heterocycles. The van der Waals surface area contributed by atoms with Crippen LogP contribution in [0.2, 0.25) is 0 Å². The molecule has 0 spiro atoms. The molecule has 0 aliphatic rings. The van der Waals surface area contributed by atoms with Crippen LogP contribution in [0.15, 0.2) is 30.5 Å². The minimum absolute atomic E-state index is 0.848. The molecule has 0 amide bonds. The van der Waals surface area contributed by atoms with Gasteiger partial charge in [-0.25, -0.2) is 4.98 Å². The van der Waals surface area contributed by atoms with E-state index in [-0.39, 0.29) is 0 Å². The van der Waals surface area contributed by atoms with Gasteiger partial charge in [0.1, 0.15) is 0 Å². The van der Waals surface area contributed by atoms with E-state index in [0.29, 0.717) is 0 Å². The fourth-order valence-electron chi connectivity index (χ4n) is 2.19. The summed E-state index contributed by atoms with van der Waals surface area (Å²) in [5, 5.41) is 4.66. The van der Waals surface area contributed by atoms with Gasteiger partial charge < -0.3 is 5.32 Å². The Morgan fingerprint density at radius 2 is 1.95 bits per heavy atom. The van der Waals surface area contributed by atoms with E-state index >= 15 is 0 Å². The molecule has 0 saturated heterocycles. The Morgan fingerprint density at radius 1 is 1.20 bits per heavy atom. The van der Waals surface area contributed by atoms with Crippen molar-refractivity contribution in [2.24, 2.45) is 0 Å². The first-order chi connectivity index (χ1) is 9.72. The van der Waals surface area contributed by atoms with E-state index in [9.17, 15) is 0 Å². The molecule has 0 bridgehead atoms. The van der Waals surface area contributed by atoms with E-state index in [0.717, 1.165) is 31.2 Å². The topological polar surface area (TPSA) is 28.2 Å². The third-order valence-electron chi connectivity index (χ3n) is 3.43. The van der Waals surface area contributed by atoms with Gasteiger partial charge in [-0.1, -0.05) is 32.0 Å². The summed E-state index contributed by atoms with van der Waals surface area (Å²) < 4.78 is 0. The molecule has 0 atom stereocenters. The number of benzene rings is 1. The highest BCUT2D eigenvalue weighted by atomic mass is 32.1. The third kappa shape index (κ3) is 4.05. The van der Waals surface area contributed by atoms with Crippen molar-refractivity contribution < 1.29 is 0 Å². The molecule has 0 radical (unpaired) electrons. The van der Waals surface area contributed by atoms with E-state index in [1.807, 2.05) is 13.1 Å². The average Bonchev–Trinajstić information content (AvgIpc) is 2.89. The van der Waals surface area contributed by atoms with Gasteiger partial charge in [0.2, 0.25) is 0 Å². The lowest BCUT2D eigenvalue weighted by atomic mass is 10.1. The van der Waals surface area contributed by atoms with Gasteiger partial charge in [0.15, 0.2) is 0 Å². The highest BCUT2D eigenvalue weighted by Crippen LogP contribution is 2.19. The van der Waals surface area contributed by atoms with Crippen LogP contribution in [-0.4, -0.2) is 23.0 Å². The standard InChI is InChI=1S/C16H23N3S/c1-4-19(5-2)12-14-8-6-7-9-16(14)18-11-15-10-17-13(3)20-15/h6-10,18H,4-5,11-12H2,1-3H3. The Bertz CT molecular complexity index is 532. The summed E-state index contributed by atoms with van der Waals surface area (Å²) in [5.41, 5.74) is 2.59. The molecule has 1 N–H and O–H groups in total. The zero-order chi connectivity index (χ0) is 14.4. The van der Waals surface area contributed by atoms with Gasteiger partial charge in [0.05, 0.1) is 11.6 Å². The molecule has 20 heavy (non-hydrogen) atoms. The van der Waals surface area contributed by atoms with Crippen molar-refractivity contribution in [2.75, 3.05) is 18.4 Å².